The van der Waals surface area contributed by atoms with Crippen LogP contribution in [0.3, 0.4) is 0 Å². The van der Waals surface area contributed by atoms with Crippen molar-refractivity contribution >= 4 is 17.5 Å². The van der Waals surface area contributed by atoms with Gasteiger partial charge in [0, 0.05) is 30.5 Å². The molecule has 0 bridgehead atoms. The molecule has 0 atom stereocenters. The number of halogens is 3. The summed E-state index contributed by atoms with van der Waals surface area (Å²) in [5.41, 5.74) is 2.32. The van der Waals surface area contributed by atoms with Crippen LogP contribution in [-0.4, -0.2) is 22.6 Å². The third-order valence-corrected chi connectivity index (χ3v) is 3.88. The number of anilines is 1. The topological polar surface area (TPSA) is 63.1 Å². The molecule has 5 nitrogen and oxygen atoms in total. The summed E-state index contributed by atoms with van der Waals surface area (Å²) < 4.78 is 39.0. The van der Waals surface area contributed by atoms with E-state index in [0.29, 0.717) is 11.4 Å². The molecule has 0 aliphatic heterocycles. The average molecular weight is 367 g/mol. The van der Waals surface area contributed by atoms with Crippen LogP contribution in [0.25, 0.3) is 0 Å². The summed E-state index contributed by atoms with van der Waals surface area (Å²) in [5.74, 6) is -0.613. The molecule has 0 radical (unpaired) electrons. The Bertz CT molecular complexity index is 808. The van der Waals surface area contributed by atoms with Crippen LogP contribution in [0.2, 0.25) is 0 Å². The second-order valence-electron chi connectivity index (χ2n) is 6.05. The molecular formula is C18H20F3N3O2. The highest BCUT2D eigenvalue weighted by Gasteiger charge is 2.30. The van der Waals surface area contributed by atoms with Crippen molar-refractivity contribution in [3.63, 3.8) is 0 Å². The zero-order valence-corrected chi connectivity index (χ0v) is 14.7. The zero-order valence-electron chi connectivity index (χ0n) is 14.7. The molecule has 0 aliphatic rings. The fourth-order valence-corrected chi connectivity index (χ4v) is 2.64. The summed E-state index contributed by atoms with van der Waals surface area (Å²) >= 11 is 0. The molecule has 0 fully saturated rings. The molecule has 0 saturated heterocycles. The summed E-state index contributed by atoms with van der Waals surface area (Å²) in [7, 11) is 0. The van der Waals surface area contributed by atoms with E-state index in [2.05, 4.69) is 10.6 Å². The molecule has 140 valence electrons. The Labute approximate surface area is 149 Å². The number of benzene rings is 1. The highest BCUT2D eigenvalue weighted by Crippen LogP contribution is 2.23. The first-order valence-electron chi connectivity index (χ1n) is 7.95. The summed E-state index contributed by atoms with van der Waals surface area (Å²) in [6, 6.07) is 8.36. The van der Waals surface area contributed by atoms with Gasteiger partial charge in [0.2, 0.25) is 5.91 Å². The van der Waals surface area contributed by atoms with E-state index in [1.165, 1.54) is 26.8 Å². The van der Waals surface area contributed by atoms with Crippen LogP contribution >= 0.6 is 0 Å². The molecule has 26 heavy (non-hydrogen) atoms. The van der Waals surface area contributed by atoms with Crippen molar-refractivity contribution < 1.29 is 22.8 Å². The number of aromatic nitrogens is 1. The fourth-order valence-electron chi connectivity index (χ4n) is 2.64. The maximum atomic E-state index is 12.6. The maximum Gasteiger partial charge on any atom is 0.406 e. The van der Waals surface area contributed by atoms with E-state index >= 15 is 0 Å². The first-order valence-corrected chi connectivity index (χ1v) is 7.95. The summed E-state index contributed by atoms with van der Waals surface area (Å²) in [6.45, 7) is 3.54. The molecular weight excluding hydrogens is 347 g/mol. The van der Waals surface area contributed by atoms with Crippen LogP contribution in [-0.2, 0) is 17.9 Å². The molecule has 1 heterocycles. The predicted octanol–water partition coefficient (Wildman–Crippen LogP) is 3.56. The van der Waals surface area contributed by atoms with Crippen LogP contribution in [0.15, 0.2) is 30.3 Å². The fraction of sp³-hybridized carbons (Fsp3) is 0.333. The number of carbonyl (C=O) groups excluding carboxylic acids is 2. The van der Waals surface area contributed by atoms with Crippen LogP contribution in [0.5, 0.6) is 0 Å². The van der Waals surface area contributed by atoms with Crippen LogP contribution in [0.1, 0.15) is 34.2 Å². The van der Waals surface area contributed by atoms with Crippen molar-refractivity contribution in [2.24, 2.45) is 0 Å². The normalized spacial score (nSPS) is 11.3. The van der Waals surface area contributed by atoms with Gasteiger partial charge in [-0.3, -0.25) is 9.59 Å². The molecule has 0 spiro atoms. The van der Waals surface area contributed by atoms with Crippen molar-refractivity contribution in [1.29, 1.82) is 0 Å². The Morgan fingerprint density at radius 2 is 1.73 bits per heavy atom. The number of nitrogens with one attached hydrogen (secondary N) is 2. The van der Waals surface area contributed by atoms with Crippen molar-refractivity contribution in [3.05, 3.63) is 52.8 Å². The molecule has 2 rings (SSSR count). The second-order valence-corrected chi connectivity index (χ2v) is 6.05. The van der Waals surface area contributed by atoms with Crippen molar-refractivity contribution in [2.45, 2.75) is 40.0 Å². The SMILES string of the molecule is CC(=O)Nc1ccc(CNC(=O)c2cc(C)n(CC(F)(F)F)c2C)cc1. The average Bonchev–Trinajstić information content (AvgIpc) is 2.80. The molecule has 2 aromatic rings. The predicted molar refractivity (Wildman–Crippen MR) is 91.9 cm³/mol. The third kappa shape index (κ3) is 5.11. The summed E-state index contributed by atoms with van der Waals surface area (Å²) in [5, 5.41) is 5.34. The van der Waals surface area contributed by atoms with Crippen LogP contribution < -0.4 is 10.6 Å². The minimum Gasteiger partial charge on any atom is -0.348 e. The lowest BCUT2D eigenvalue weighted by Crippen LogP contribution is -2.24. The lowest BCUT2D eigenvalue weighted by atomic mass is 10.2. The Morgan fingerprint density at radius 3 is 2.27 bits per heavy atom. The van der Waals surface area contributed by atoms with E-state index < -0.39 is 18.6 Å². The van der Waals surface area contributed by atoms with E-state index in [9.17, 15) is 22.8 Å². The van der Waals surface area contributed by atoms with Gasteiger partial charge in [0.15, 0.2) is 0 Å². The summed E-state index contributed by atoms with van der Waals surface area (Å²) in [4.78, 5) is 23.3. The molecule has 0 aliphatic carbocycles. The lowest BCUT2D eigenvalue weighted by molar-refractivity contribution is -0.141. The number of aryl methyl sites for hydroxylation is 1. The number of carbonyl (C=O) groups is 2. The number of hydrogen-bond acceptors (Lipinski definition) is 2. The van der Waals surface area contributed by atoms with Gasteiger partial charge in [0.1, 0.15) is 6.54 Å². The van der Waals surface area contributed by atoms with Gasteiger partial charge in [-0.2, -0.15) is 13.2 Å². The smallest absolute Gasteiger partial charge is 0.348 e. The van der Waals surface area contributed by atoms with E-state index in [4.69, 9.17) is 0 Å². The zero-order chi connectivity index (χ0) is 19.5. The number of alkyl halides is 3. The Hall–Kier alpha value is -2.77. The van der Waals surface area contributed by atoms with Crippen LogP contribution in [0, 0.1) is 13.8 Å². The molecule has 8 heteroatoms. The first-order chi connectivity index (χ1) is 12.1. The monoisotopic (exact) mass is 367 g/mol. The molecule has 2 amide bonds. The number of nitrogens with zero attached hydrogens (tertiary/aromatic N) is 1. The minimum absolute atomic E-state index is 0.180. The van der Waals surface area contributed by atoms with Crippen molar-refractivity contribution in [3.8, 4) is 0 Å². The van der Waals surface area contributed by atoms with Gasteiger partial charge < -0.3 is 15.2 Å². The Morgan fingerprint density at radius 1 is 1.12 bits per heavy atom. The standard InChI is InChI=1S/C18H20F3N3O2/c1-11-8-16(12(2)24(11)10-18(19,20)21)17(26)22-9-14-4-6-15(7-5-14)23-13(3)25/h4-8H,9-10H2,1-3H3,(H,22,26)(H,23,25). The molecule has 2 N–H and O–H groups in total. The molecule has 0 saturated carbocycles. The van der Waals surface area contributed by atoms with Gasteiger partial charge in [-0.15, -0.1) is 0 Å². The first kappa shape index (κ1) is 19.6. The molecule has 1 aromatic heterocycles. The molecule has 0 unspecified atom stereocenters. The Kier molecular flexibility index (Phi) is 5.74. The summed E-state index contributed by atoms with van der Waals surface area (Å²) in [6.07, 6.45) is -4.35. The second kappa shape index (κ2) is 7.63. The quantitative estimate of drug-likeness (QED) is 0.849. The van der Waals surface area contributed by atoms with Gasteiger partial charge in [0.05, 0.1) is 5.56 Å². The Balaban J connectivity index is 2.04. The van der Waals surface area contributed by atoms with Crippen molar-refractivity contribution in [2.75, 3.05) is 5.32 Å². The van der Waals surface area contributed by atoms with Gasteiger partial charge in [-0.05, 0) is 37.6 Å². The van der Waals surface area contributed by atoms with Gasteiger partial charge in [-0.25, -0.2) is 0 Å². The highest BCUT2D eigenvalue weighted by molar-refractivity contribution is 5.95. The molecule has 1 aromatic carbocycles. The number of hydrogen-bond donors (Lipinski definition) is 2. The van der Waals surface area contributed by atoms with Gasteiger partial charge in [-0.1, -0.05) is 12.1 Å². The number of rotatable bonds is 5. The van der Waals surface area contributed by atoms with Crippen molar-refractivity contribution in [1.82, 2.24) is 9.88 Å². The van der Waals surface area contributed by atoms with E-state index in [-0.39, 0.29) is 23.7 Å². The van der Waals surface area contributed by atoms with E-state index in [1.807, 2.05) is 0 Å². The highest BCUT2D eigenvalue weighted by atomic mass is 19.4. The van der Waals surface area contributed by atoms with Gasteiger partial charge >= 0.3 is 6.18 Å². The number of amides is 2. The maximum absolute atomic E-state index is 12.6. The lowest BCUT2D eigenvalue weighted by Gasteiger charge is -2.12. The third-order valence-electron chi connectivity index (χ3n) is 3.88. The van der Waals surface area contributed by atoms with Crippen LogP contribution in [0.4, 0.5) is 18.9 Å². The van der Waals surface area contributed by atoms with E-state index in [1.54, 1.807) is 24.3 Å². The largest absolute Gasteiger partial charge is 0.406 e. The van der Waals surface area contributed by atoms with E-state index in [0.717, 1.165) is 10.1 Å². The van der Waals surface area contributed by atoms with Gasteiger partial charge in [0.25, 0.3) is 5.91 Å². The minimum atomic E-state index is -4.35.